The number of carbonyl (C=O) groups is 1. The normalized spacial score (nSPS) is 30.3. The quantitative estimate of drug-likeness (QED) is 0.355. The van der Waals surface area contributed by atoms with E-state index in [1.807, 2.05) is 0 Å². The molecule has 0 amide bonds. The van der Waals surface area contributed by atoms with E-state index in [0.717, 1.165) is 12.7 Å². The summed E-state index contributed by atoms with van der Waals surface area (Å²) in [5.74, 6) is -1.27. The van der Waals surface area contributed by atoms with Crippen LogP contribution in [-0.4, -0.2) is 75.9 Å². The second-order valence-corrected chi connectivity index (χ2v) is 9.32. The van der Waals surface area contributed by atoms with Crippen molar-refractivity contribution >= 4 is 15.8 Å². The molecular formula is C17H24O9S. The molecule has 1 aromatic carbocycles. The zero-order chi connectivity index (χ0) is 21.0. The molecule has 1 aliphatic carbocycles. The maximum Gasteiger partial charge on any atom is 0.341 e. The van der Waals surface area contributed by atoms with Gasteiger partial charge in [0.25, 0.3) is 0 Å². The Morgan fingerprint density at radius 2 is 1.56 bits per heavy atom. The molecule has 0 aliphatic heterocycles. The number of rotatable bonds is 6. The average Bonchev–Trinajstić information content (AvgIpc) is 2.99. The van der Waals surface area contributed by atoms with Crippen LogP contribution in [0, 0.1) is 12.3 Å². The first-order valence-corrected chi connectivity index (χ1v) is 9.63. The summed E-state index contributed by atoms with van der Waals surface area (Å²) >= 11 is 0. The van der Waals surface area contributed by atoms with Gasteiger partial charge in [-0.15, -0.1) is 0 Å². The molecule has 1 unspecified atom stereocenters. The van der Waals surface area contributed by atoms with Crippen LogP contribution in [0.5, 0.6) is 0 Å². The Kier molecular flexibility index (Phi) is 5.24. The molecule has 5 atom stereocenters. The van der Waals surface area contributed by atoms with Gasteiger partial charge in [-0.25, -0.2) is 13.2 Å². The molecule has 1 saturated carbocycles. The number of carbonyl (C=O) groups excluding carboxylic acids is 1. The molecule has 1 aliphatic rings. The molecule has 0 aromatic heterocycles. The maximum atomic E-state index is 12.5. The van der Waals surface area contributed by atoms with E-state index in [1.165, 1.54) is 38.1 Å². The Balaban J connectivity index is 2.35. The van der Waals surface area contributed by atoms with Crippen LogP contribution in [0.1, 0.15) is 19.4 Å². The van der Waals surface area contributed by atoms with Gasteiger partial charge < -0.3 is 30.3 Å². The van der Waals surface area contributed by atoms with E-state index in [9.17, 15) is 38.7 Å². The first-order chi connectivity index (χ1) is 12.2. The third kappa shape index (κ3) is 2.71. The van der Waals surface area contributed by atoms with E-state index in [1.54, 1.807) is 6.92 Å². The smallest absolute Gasteiger partial charge is 0.341 e. The number of hydrogen-bond donors (Lipinski definition) is 5. The van der Waals surface area contributed by atoms with Crippen molar-refractivity contribution in [2.75, 3.05) is 7.11 Å². The summed E-state index contributed by atoms with van der Waals surface area (Å²) in [4.78, 5) is 11.6. The summed E-state index contributed by atoms with van der Waals surface area (Å²) in [6, 6.07) is 5.40. The van der Waals surface area contributed by atoms with Crippen molar-refractivity contribution in [3.8, 4) is 0 Å². The van der Waals surface area contributed by atoms with Gasteiger partial charge in [-0.2, -0.15) is 0 Å². The molecular weight excluding hydrogens is 380 g/mol. The number of ether oxygens (including phenoxy) is 1. The summed E-state index contributed by atoms with van der Waals surface area (Å²) in [6.45, 7) is 4.17. The lowest BCUT2D eigenvalue weighted by Gasteiger charge is -2.28. The Morgan fingerprint density at radius 1 is 1.07 bits per heavy atom. The lowest BCUT2D eigenvalue weighted by Crippen LogP contribution is -2.53. The second kappa shape index (κ2) is 6.50. The molecule has 2 rings (SSSR count). The number of aryl methyl sites for hydroxylation is 1. The summed E-state index contributed by atoms with van der Waals surface area (Å²) in [5.41, 5.74) is -8.67. The van der Waals surface area contributed by atoms with Crippen molar-refractivity contribution in [2.24, 2.45) is 5.41 Å². The highest BCUT2D eigenvalue weighted by molar-refractivity contribution is 7.92. The summed E-state index contributed by atoms with van der Waals surface area (Å²) < 4.78 is 29.4. The van der Waals surface area contributed by atoms with Gasteiger partial charge in [-0.1, -0.05) is 31.5 Å². The molecule has 9 nitrogen and oxygen atoms in total. The lowest BCUT2D eigenvalue weighted by atomic mass is 9.98. The van der Waals surface area contributed by atoms with Gasteiger partial charge in [0, 0.05) is 5.41 Å². The topological polar surface area (TPSA) is 162 Å². The average molecular weight is 404 g/mol. The highest BCUT2D eigenvalue weighted by Crippen LogP contribution is 2.67. The van der Waals surface area contributed by atoms with Crippen LogP contribution in [-0.2, 0) is 19.4 Å². The van der Waals surface area contributed by atoms with Gasteiger partial charge in [-0.3, -0.25) is 0 Å². The van der Waals surface area contributed by atoms with Crippen molar-refractivity contribution in [3.05, 3.63) is 29.8 Å². The predicted octanol–water partition coefficient (Wildman–Crippen LogP) is -1.52. The summed E-state index contributed by atoms with van der Waals surface area (Å²) in [7, 11) is -3.54. The fraction of sp³-hybridized carbons (Fsp3) is 0.588. The van der Waals surface area contributed by atoms with Gasteiger partial charge in [0.2, 0.25) is 15.4 Å². The molecule has 0 radical (unpaired) electrons. The van der Waals surface area contributed by atoms with Gasteiger partial charge in [0.05, 0.1) is 12.0 Å². The number of hydrogen-bond acceptors (Lipinski definition) is 9. The number of aliphatic hydroxyl groups is 5. The number of benzene rings is 1. The van der Waals surface area contributed by atoms with Crippen molar-refractivity contribution in [3.63, 3.8) is 0 Å². The Morgan fingerprint density at radius 3 is 2.00 bits per heavy atom. The van der Waals surface area contributed by atoms with Crippen LogP contribution in [0.3, 0.4) is 0 Å². The predicted molar refractivity (Wildman–Crippen MR) is 92.1 cm³/mol. The number of sulfone groups is 1. The lowest BCUT2D eigenvalue weighted by molar-refractivity contribution is -0.168. The molecule has 0 spiro atoms. The highest BCUT2D eigenvalue weighted by atomic mass is 32.2. The third-order valence-electron chi connectivity index (χ3n) is 5.54. The molecule has 0 bridgehead atoms. The fourth-order valence-electron chi connectivity index (χ4n) is 3.46. The standard InChI is InChI=1S/C17H24O9S/c1-9-5-7-10(8-6-9)27(24,25)13(20)11(18)12(19)16(22)15(2,3)17(16,23)14(21)26-4/h5-8,11-13,18-20,22-23H,1-4H3/t11-,12-,13?,16-,17+/m1/s1. The molecule has 1 fully saturated rings. The van der Waals surface area contributed by atoms with Crippen molar-refractivity contribution in [1.82, 2.24) is 0 Å². The van der Waals surface area contributed by atoms with Gasteiger partial charge >= 0.3 is 5.97 Å². The molecule has 0 heterocycles. The maximum absolute atomic E-state index is 12.5. The number of methoxy groups -OCH3 is 1. The van der Waals surface area contributed by atoms with Crippen LogP contribution in [0.15, 0.2) is 29.2 Å². The van der Waals surface area contributed by atoms with Crippen LogP contribution in [0.2, 0.25) is 0 Å². The first-order valence-electron chi connectivity index (χ1n) is 8.09. The minimum atomic E-state index is -4.50. The molecule has 27 heavy (non-hydrogen) atoms. The minimum absolute atomic E-state index is 0.308. The van der Waals surface area contributed by atoms with Crippen molar-refractivity contribution < 1.29 is 43.5 Å². The fourth-order valence-corrected chi connectivity index (χ4v) is 4.77. The first kappa shape index (κ1) is 21.7. The SMILES string of the molecule is COC(=O)[C@]1(O)C(C)(C)[C@]1(O)[C@H](O)[C@@H](O)C(O)S(=O)(=O)c1ccc(C)cc1. The Bertz CT molecular complexity index is 832. The summed E-state index contributed by atoms with van der Waals surface area (Å²) in [6.07, 6.45) is -4.79. The Labute approximate surface area is 156 Å². The number of aliphatic hydroxyl groups excluding tert-OH is 3. The summed E-state index contributed by atoms with van der Waals surface area (Å²) in [5, 5.41) is 51.9. The number of esters is 1. The van der Waals surface area contributed by atoms with E-state index in [2.05, 4.69) is 4.74 Å². The molecule has 5 N–H and O–H groups in total. The minimum Gasteiger partial charge on any atom is -0.467 e. The highest BCUT2D eigenvalue weighted by Gasteiger charge is 2.90. The Hall–Kier alpha value is -1.56. The zero-order valence-electron chi connectivity index (χ0n) is 15.3. The largest absolute Gasteiger partial charge is 0.467 e. The van der Waals surface area contributed by atoms with Crippen LogP contribution >= 0.6 is 0 Å². The molecule has 152 valence electrons. The molecule has 0 saturated heterocycles. The van der Waals surface area contributed by atoms with Crippen molar-refractivity contribution in [2.45, 2.75) is 54.5 Å². The second-order valence-electron chi connectivity index (χ2n) is 7.28. The van der Waals surface area contributed by atoms with Crippen molar-refractivity contribution in [1.29, 1.82) is 0 Å². The molecule has 10 heteroatoms. The van der Waals surface area contributed by atoms with Crippen LogP contribution in [0.25, 0.3) is 0 Å². The van der Waals surface area contributed by atoms with Gasteiger partial charge in [-0.05, 0) is 19.1 Å². The van der Waals surface area contributed by atoms with E-state index in [4.69, 9.17) is 0 Å². The van der Waals surface area contributed by atoms with E-state index in [0.29, 0.717) is 0 Å². The van der Waals surface area contributed by atoms with Gasteiger partial charge in [0.15, 0.2) is 5.44 Å². The van der Waals surface area contributed by atoms with E-state index < -0.39 is 50.1 Å². The van der Waals surface area contributed by atoms with E-state index >= 15 is 0 Å². The van der Waals surface area contributed by atoms with Gasteiger partial charge in [0.1, 0.15) is 17.8 Å². The monoisotopic (exact) mass is 404 g/mol. The third-order valence-corrected chi connectivity index (χ3v) is 7.38. The van der Waals surface area contributed by atoms with Crippen LogP contribution < -0.4 is 0 Å². The van der Waals surface area contributed by atoms with E-state index in [-0.39, 0.29) is 4.90 Å². The molecule has 1 aromatic rings. The van der Waals surface area contributed by atoms with Crippen LogP contribution in [0.4, 0.5) is 0 Å². The zero-order valence-corrected chi connectivity index (χ0v) is 16.1.